The molecule has 18 heavy (non-hydrogen) atoms. The molecule has 1 amide bonds. The summed E-state index contributed by atoms with van der Waals surface area (Å²) in [6.07, 6.45) is 1.67. The van der Waals surface area contributed by atoms with E-state index in [1.165, 1.54) is 15.4 Å². The van der Waals surface area contributed by atoms with E-state index in [1.54, 1.807) is 26.2 Å². The zero-order chi connectivity index (χ0) is 13.3. The van der Waals surface area contributed by atoms with Crippen LogP contribution in [0.3, 0.4) is 0 Å². The Kier molecular flexibility index (Phi) is 3.01. The van der Waals surface area contributed by atoms with Gasteiger partial charge in [0.15, 0.2) is 5.69 Å². The molecule has 0 saturated carbocycles. The molecular formula is C12H14N4O2. The predicted molar refractivity (Wildman–Crippen MR) is 67.1 cm³/mol. The molecule has 94 valence electrons. The third-order valence-corrected chi connectivity index (χ3v) is 2.52. The number of nitrogens with zero attached hydrogens (tertiary/aromatic N) is 3. The summed E-state index contributed by atoms with van der Waals surface area (Å²) < 4.78 is 2.74. The van der Waals surface area contributed by atoms with Crippen LogP contribution >= 0.6 is 0 Å². The van der Waals surface area contributed by atoms with Gasteiger partial charge in [0.1, 0.15) is 0 Å². The summed E-state index contributed by atoms with van der Waals surface area (Å²) in [5.74, 6) is -0.412. The number of amides is 1. The first-order chi connectivity index (χ1) is 8.47. The Bertz CT molecular complexity index is 654. The third-order valence-electron chi connectivity index (χ3n) is 2.52. The highest BCUT2D eigenvalue weighted by atomic mass is 16.2. The molecular weight excluding hydrogens is 232 g/mol. The molecule has 0 spiro atoms. The Labute approximate surface area is 104 Å². The van der Waals surface area contributed by atoms with Gasteiger partial charge in [0.25, 0.3) is 11.5 Å². The number of carbonyl (C=O) groups excluding carboxylic acids is 1. The van der Waals surface area contributed by atoms with Gasteiger partial charge in [-0.2, -0.15) is 5.10 Å². The van der Waals surface area contributed by atoms with E-state index >= 15 is 0 Å². The standard InChI is InChI=1S/C12H14N4O2/c1-8-6-9(2)16(11(17)7-8)14-12(18)10-4-5-15(3)13-10/h4-7H,1-3H3,(H,14,18). The van der Waals surface area contributed by atoms with Crippen LogP contribution in [0.15, 0.2) is 29.2 Å². The van der Waals surface area contributed by atoms with Gasteiger partial charge in [-0.1, -0.05) is 0 Å². The molecule has 0 bridgehead atoms. The highest BCUT2D eigenvalue weighted by Crippen LogP contribution is 1.99. The highest BCUT2D eigenvalue weighted by Gasteiger charge is 2.11. The van der Waals surface area contributed by atoms with Crippen LogP contribution in [0.1, 0.15) is 21.7 Å². The Hall–Kier alpha value is -2.37. The maximum absolute atomic E-state index is 11.9. The molecule has 1 N–H and O–H groups in total. The topological polar surface area (TPSA) is 68.9 Å². The number of rotatable bonds is 2. The summed E-state index contributed by atoms with van der Waals surface area (Å²) in [7, 11) is 1.72. The van der Waals surface area contributed by atoms with Gasteiger partial charge in [-0.15, -0.1) is 0 Å². The van der Waals surface area contributed by atoms with Crippen LogP contribution in [0.25, 0.3) is 0 Å². The minimum atomic E-state index is -0.412. The number of pyridine rings is 1. The first-order valence-corrected chi connectivity index (χ1v) is 5.48. The van der Waals surface area contributed by atoms with E-state index in [1.807, 2.05) is 13.0 Å². The molecule has 0 saturated heterocycles. The first-order valence-electron chi connectivity index (χ1n) is 5.48. The van der Waals surface area contributed by atoms with E-state index < -0.39 is 5.91 Å². The number of nitrogens with one attached hydrogen (secondary N) is 1. The smallest absolute Gasteiger partial charge is 0.275 e. The Morgan fingerprint density at radius 1 is 1.33 bits per heavy atom. The lowest BCUT2D eigenvalue weighted by atomic mass is 10.2. The zero-order valence-electron chi connectivity index (χ0n) is 10.5. The number of aryl methyl sites for hydroxylation is 3. The van der Waals surface area contributed by atoms with Crippen molar-refractivity contribution in [3.8, 4) is 0 Å². The van der Waals surface area contributed by atoms with Crippen molar-refractivity contribution in [2.24, 2.45) is 7.05 Å². The van der Waals surface area contributed by atoms with Gasteiger partial charge in [0.05, 0.1) is 0 Å². The Balaban J connectivity index is 2.30. The summed E-state index contributed by atoms with van der Waals surface area (Å²) in [6, 6.07) is 4.87. The summed E-state index contributed by atoms with van der Waals surface area (Å²) in [5, 5.41) is 3.97. The van der Waals surface area contributed by atoms with Crippen LogP contribution in [-0.2, 0) is 7.05 Å². The van der Waals surface area contributed by atoms with E-state index in [9.17, 15) is 9.59 Å². The number of aromatic nitrogens is 3. The van der Waals surface area contributed by atoms with Crippen molar-refractivity contribution in [3.63, 3.8) is 0 Å². The molecule has 0 fully saturated rings. The number of hydrogen-bond donors (Lipinski definition) is 1. The van der Waals surface area contributed by atoms with Crippen LogP contribution in [0.2, 0.25) is 0 Å². The van der Waals surface area contributed by atoms with Crippen LogP contribution < -0.4 is 11.0 Å². The van der Waals surface area contributed by atoms with Crippen LogP contribution in [0.5, 0.6) is 0 Å². The van der Waals surface area contributed by atoms with E-state index in [4.69, 9.17) is 0 Å². The SMILES string of the molecule is Cc1cc(C)n(NC(=O)c2ccn(C)n2)c(=O)c1. The highest BCUT2D eigenvalue weighted by molar-refractivity contribution is 5.98. The molecule has 2 aromatic rings. The van der Waals surface area contributed by atoms with Gasteiger partial charge in [0, 0.05) is 25.0 Å². The third kappa shape index (κ3) is 2.32. The van der Waals surface area contributed by atoms with Gasteiger partial charge in [-0.3, -0.25) is 19.7 Å². The molecule has 2 rings (SSSR count). The quantitative estimate of drug-likeness (QED) is 0.842. The Morgan fingerprint density at radius 2 is 2.06 bits per heavy atom. The molecule has 0 unspecified atom stereocenters. The van der Waals surface area contributed by atoms with Crippen molar-refractivity contribution < 1.29 is 4.79 Å². The lowest BCUT2D eigenvalue weighted by molar-refractivity contribution is 0.100. The zero-order valence-corrected chi connectivity index (χ0v) is 10.5. The molecule has 6 nitrogen and oxygen atoms in total. The van der Waals surface area contributed by atoms with Crippen LogP contribution in [0, 0.1) is 13.8 Å². The fourth-order valence-electron chi connectivity index (χ4n) is 1.71. The second-order valence-corrected chi connectivity index (χ2v) is 4.16. The fourth-order valence-corrected chi connectivity index (χ4v) is 1.71. The summed E-state index contributed by atoms with van der Waals surface area (Å²) in [4.78, 5) is 23.6. The van der Waals surface area contributed by atoms with Crippen molar-refractivity contribution in [2.45, 2.75) is 13.8 Å². The van der Waals surface area contributed by atoms with Crippen LogP contribution in [-0.4, -0.2) is 20.4 Å². The molecule has 0 aliphatic rings. The van der Waals surface area contributed by atoms with E-state index in [0.29, 0.717) is 5.69 Å². The maximum Gasteiger partial charge on any atom is 0.290 e. The average Bonchev–Trinajstić information content (AvgIpc) is 2.70. The Morgan fingerprint density at radius 3 is 2.61 bits per heavy atom. The molecule has 2 heterocycles. The molecule has 0 aliphatic carbocycles. The molecule has 2 aromatic heterocycles. The lowest BCUT2D eigenvalue weighted by Gasteiger charge is -2.10. The average molecular weight is 246 g/mol. The molecule has 0 radical (unpaired) electrons. The minimum absolute atomic E-state index is 0.267. The molecule has 0 aliphatic heterocycles. The maximum atomic E-state index is 11.9. The van der Waals surface area contributed by atoms with Gasteiger partial charge in [-0.05, 0) is 31.5 Å². The van der Waals surface area contributed by atoms with Gasteiger partial charge < -0.3 is 0 Å². The molecule has 0 aromatic carbocycles. The second-order valence-electron chi connectivity index (χ2n) is 4.16. The second kappa shape index (κ2) is 4.48. The lowest BCUT2D eigenvalue weighted by Crippen LogP contribution is -2.34. The molecule has 0 atom stereocenters. The van der Waals surface area contributed by atoms with E-state index in [-0.39, 0.29) is 11.3 Å². The van der Waals surface area contributed by atoms with Crippen molar-refractivity contribution in [2.75, 3.05) is 5.43 Å². The fraction of sp³-hybridized carbons (Fsp3) is 0.250. The van der Waals surface area contributed by atoms with Crippen molar-refractivity contribution >= 4 is 5.91 Å². The van der Waals surface area contributed by atoms with Gasteiger partial charge >= 0.3 is 0 Å². The predicted octanol–water partition coefficient (Wildman–Crippen LogP) is 0.583. The van der Waals surface area contributed by atoms with Gasteiger partial charge in [-0.25, -0.2) is 4.68 Å². The minimum Gasteiger partial charge on any atom is -0.275 e. The summed E-state index contributed by atoms with van der Waals surface area (Å²) in [5.41, 5.74) is 4.06. The monoisotopic (exact) mass is 246 g/mol. The van der Waals surface area contributed by atoms with Crippen molar-refractivity contribution in [1.29, 1.82) is 0 Å². The van der Waals surface area contributed by atoms with E-state index in [0.717, 1.165) is 5.56 Å². The molecule has 6 heteroatoms. The first kappa shape index (κ1) is 12.1. The van der Waals surface area contributed by atoms with Crippen molar-refractivity contribution in [1.82, 2.24) is 14.5 Å². The number of carbonyl (C=O) groups is 1. The normalized spacial score (nSPS) is 10.4. The summed E-state index contributed by atoms with van der Waals surface area (Å²) >= 11 is 0. The van der Waals surface area contributed by atoms with E-state index in [2.05, 4.69) is 10.5 Å². The largest absolute Gasteiger partial charge is 0.290 e. The van der Waals surface area contributed by atoms with Crippen LogP contribution in [0.4, 0.5) is 0 Å². The summed E-state index contributed by atoms with van der Waals surface area (Å²) in [6.45, 7) is 3.59. The number of hydrogen-bond acceptors (Lipinski definition) is 3. The van der Waals surface area contributed by atoms with Crippen molar-refractivity contribution in [3.05, 3.63) is 51.7 Å². The van der Waals surface area contributed by atoms with Gasteiger partial charge in [0.2, 0.25) is 0 Å².